The molecule has 11 heteroatoms. The van der Waals surface area contributed by atoms with Gasteiger partial charge in [0.2, 0.25) is 5.91 Å². The summed E-state index contributed by atoms with van der Waals surface area (Å²) in [7, 11) is 0. The highest BCUT2D eigenvalue weighted by molar-refractivity contribution is 5.93. The number of benzene rings is 1. The molecule has 1 rings (SSSR count). The zero-order valence-corrected chi connectivity index (χ0v) is 21.3. The van der Waals surface area contributed by atoms with E-state index >= 15 is 0 Å². The highest BCUT2D eigenvalue weighted by Crippen LogP contribution is 2.15. The van der Waals surface area contributed by atoms with E-state index in [1.54, 1.807) is 31.2 Å². The summed E-state index contributed by atoms with van der Waals surface area (Å²) in [5.41, 5.74) is 7.35. The fourth-order valence-electron chi connectivity index (χ4n) is 3.49. The molecule has 0 saturated heterocycles. The zero-order valence-electron chi connectivity index (χ0n) is 21.3. The Morgan fingerprint density at radius 1 is 0.943 bits per heavy atom. The number of hydrogen-bond donors (Lipinski definition) is 5. The molecule has 11 nitrogen and oxygen atoms in total. The molecular weight excluding hydrogens is 454 g/mol. The van der Waals surface area contributed by atoms with Gasteiger partial charge in [0.05, 0.1) is 11.7 Å². The summed E-state index contributed by atoms with van der Waals surface area (Å²) >= 11 is 0. The van der Waals surface area contributed by atoms with E-state index < -0.39 is 53.7 Å². The minimum absolute atomic E-state index is 0.0146. The van der Waals surface area contributed by atoms with Gasteiger partial charge in [-0.05, 0) is 45.6 Å². The summed E-state index contributed by atoms with van der Waals surface area (Å²) in [5, 5.41) is 5.26. The van der Waals surface area contributed by atoms with Crippen LogP contribution in [0.25, 0.3) is 0 Å². The summed E-state index contributed by atoms with van der Waals surface area (Å²) in [6, 6.07) is 6.80. The average Bonchev–Trinajstić information content (AvgIpc) is 2.74. The van der Waals surface area contributed by atoms with Crippen LogP contribution in [0.3, 0.4) is 0 Å². The molecule has 0 heterocycles. The van der Waals surface area contributed by atoms with Crippen LogP contribution >= 0.6 is 0 Å². The lowest BCUT2D eigenvalue weighted by atomic mass is 10.0. The van der Waals surface area contributed by atoms with Crippen LogP contribution in [0.1, 0.15) is 53.5 Å². The van der Waals surface area contributed by atoms with Crippen molar-refractivity contribution >= 4 is 23.8 Å². The van der Waals surface area contributed by atoms with E-state index in [1.807, 2.05) is 46.1 Å². The first kappa shape index (κ1) is 29.9. The highest BCUT2D eigenvalue weighted by Gasteiger charge is 2.34. The smallest absolute Gasteiger partial charge is 0.405 e. The van der Waals surface area contributed by atoms with Gasteiger partial charge in [-0.25, -0.2) is 10.6 Å². The summed E-state index contributed by atoms with van der Waals surface area (Å²) in [6.07, 6.45) is -2.75. The lowest BCUT2D eigenvalue weighted by Gasteiger charge is -2.31. The summed E-state index contributed by atoms with van der Waals surface area (Å²) < 4.78 is 10.9. The Kier molecular flexibility index (Phi) is 11.6. The third kappa shape index (κ3) is 11.2. The van der Waals surface area contributed by atoms with E-state index in [0.29, 0.717) is 0 Å². The Morgan fingerprint density at radius 3 is 2.03 bits per heavy atom. The minimum Gasteiger partial charge on any atom is -0.436 e. The van der Waals surface area contributed by atoms with Crippen molar-refractivity contribution in [2.45, 2.75) is 84.3 Å². The Balaban J connectivity index is 3.08. The van der Waals surface area contributed by atoms with Crippen molar-refractivity contribution in [1.29, 1.82) is 0 Å². The van der Waals surface area contributed by atoms with E-state index in [1.165, 1.54) is 0 Å². The number of hydrazine groups is 1. The predicted octanol–water partition coefficient (Wildman–Crippen LogP) is 0.902. The van der Waals surface area contributed by atoms with Gasteiger partial charge in [0.1, 0.15) is 12.1 Å². The van der Waals surface area contributed by atoms with Crippen molar-refractivity contribution in [1.82, 2.24) is 16.1 Å². The van der Waals surface area contributed by atoms with E-state index in [2.05, 4.69) is 10.6 Å². The molecule has 196 valence electrons. The lowest BCUT2D eigenvalue weighted by Crippen LogP contribution is -2.60. The minimum atomic E-state index is -1.25. The van der Waals surface area contributed by atoms with Crippen molar-refractivity contribution in [2.24, 2.45) is 17.5 Å². The highest BCUT2D eigenvalue weighted by atomic mass is 16.6. The molecule has 1 aromatic carbocycles. The number of amides is 4. The first-order chi connectivity index (χ1) is 16.2. The molecule has 0 bridgehead atoms. The Hall–Kier alpha value is -3.18. The van der Waals surface area contributed by atoms with Crippen LogP contribution in [-0.2, 0) is 30.3 Å². The molecular formula is C24H39N5O6. The molecule has 1 aromatic rings. The van der Waals surface area contributed by atoms with E-state index in [0.717, 1.165) is 5.56 Å². The maximum absolute atomic E-state index is 13.2. The predicted molar refractivity (Wildman–Crippen MR) is 131 cm³/mol. The van der Waals surface area contributed by atoms with E-state index in [4.69, 9.17) is 21.1 Å². The van der Waals surface area contributed by atoms with Crippen LogP contribution in [0.4, 0.5) is 4.79 Å². The molecule has 0 radical (unpaired) electrons. The SMILES string of the molecule is CC(C)C[C@H](NC(=O)[C@H](Cc1ccccc1)OC(N)=O)C(=O)N[C@H](C(=O)NN)[C@@H](C)OC(C)(C)C. The molecule has 35 heavy (non-hydrogen) atoms. The second kappa shape index (κ2) is 13.6. The number of hydrogen-bond acceptors (Lipinski definition) is 7. The Labute approximate surface area is 206 Å². The Morgan fingerprint density at radius 2 is 1.54 bits per heavy atom. The Bertz CT molecular complexity index is 856. The second-order valence-electron chi connectivity index (χ2n) is 9.74. The number of nitrogens with two attached hydrogens (primary N) is 2. The number of rotatable bonds is 12. The van der Waals surface area contributed by atoms with Crippen LogP contribution in [-0.4, -0.2) is 53.7 Å². The van der Waals surface area contributed by atoms with Gasteiger partial charge in [-0.1, -0.05) is 44.2 Å². The average molecular weight is 494 g/mol. The zero-order chi connectivity index (χ0) is 26.8. The van der Waals surface area contributed by atoms with Crippen LogP contribution < -0.4 is 27.6 Å². The normalized spacial score (nSPS) is 14.9. The summed E-state index contributed by atoms with van der Waals surface area (Å²) in [5.74, 6) is 3.38. The maximum atomic E-state index is 13.2. The number of carbonyl (C=O) groups excluding carboxylic acids is 4. The van der Waals surface area contributed by atoms with Gasteiger partial charge in [0.25, 0.3) is 11.8 Å². The molecule has 0 aromatic heterocycles. The van der Waals surface area contributed by atoms with Gasteiger partial charge in [-0.2, -0.15) is 0 Å². The molecule has 0 saturated carbocycles. The molecule has 4 amide bonds. The van der Waals surface area contributed by atoms with Crippen molar-refractivity contribution in [3.63, 3.8) is 0 Å². The molecule has 0 spiro atoms. The van der Waals surface area contributed by atoms with Crippen molar-refractivity contribution in [3.05, 3.63) is 35.9 Å². The summed E-state index contributed by atoms with van der Waals surface area (Å²) in [4.78, 5) is 50.0. The van der Waals surface area contributed by atoms with E-state index in [9.17, 15) is 19.2 Å². The van der Waals surface area contributed by atoms with E-state index in [-0.39, 0.29) is 18.8 Å². The molecule has 0 fully saturated rings. The van der Waals surface area contributed by atoms with Crippen LogP contribution in [0.2, 0.25) is 0 Å². The quantitative estimate of drug-likeness (QED) is 0.163. The number of nitrogens with one attached hydrogen (secondary N) is 3. The number of carbonyl (C=O) groups is 4. The van der Waals surface area contributed by atoms with Gasteiger partial charge in [-0.3, -0.25) is 19.8 Å². The molecule has 0 unspecified atom stereocenters. The van der Waals surface area contributed by atoms with Crippen molar-refractivity contribution < 1.29 is 28.7 Å². The summed E-state index contributed by atoms with van der Waals surface area (Å²) in [6.45, 7) is 10.8. The van der Waals surface area contributed by atoms with Crippen LogP contribution in [0.15, 0.2) is 30.3 Å². The van der Waals surface area contributed by atoms with Gasteiger partial charge in [0.15, 0.2) is 6.10 Å². The number of ether oxygens (including phenoxy) is 2. The van der Waals surface area contributed by atoms with Crippen molar-refractivity contribution in [3.8, 4) is 0 Å². The topological polar surface area (TPSA) is 175 Å². The first-order valence-corrected chi connectivity index (χ1v) is 11.5. The monoisotopic (exact) mass is 493 g/mol. The fraction of sp³-hybridized carbons (Fsp3) is 0.583. The molecule has 0 aliphatic carbocycles. The maximum Gasteiger partial charge on any atom is 0.405 e. The van der Waals surface area contributed by atoms with Gasteiger partial charge in [0, 0.05) is 6.42 Å². The van der Waals surface area contributed by atoms with Crippen molar-refractivity contribution in [2.75, 3.05) is 0 Å². The lowest BCUT2D eigenvalue weighted by molar-refractivity contribution is -0.139. The molecule has 0 aliphatic rings. The third-order valence-corrected chi connectivity index (χ3v) is 4.89. The standard InChI is InChI=1S/C24H39N5O6/c1-14(2)12-17(20(30)28-19(22(32)29-26)15(3)35-24(4,5)6)27-21(31)18(34-23(25)33)13-16-10-8-7-9-11-16/h7-11,14-15,17-19H,12-13,26H2,1-6H3,(H2,25,33)(H,27,31)(H,28,30)(H,29,32)/t15-,17+,18+,19+/m1/s1. The molecule has 0 aliphatic heterocycles. The van der Waals surface area contributed by atoms with Crippen LogP contribution in [0.5, 0.6) is 0 Å². The second-order valence-corrected chi connectivity index (χ2v) is 9.74. The van der Waals surface area contributed by atoms with Gasteiger partial charge in [-0.15, -0.1) is 0 Å². The van der Waals surface area contributed by atoms with Gasteiger partial charge >= 0.3 is 6.09 Å². The molecule has 7 N–H and O–H groups in total. The molecule has 4 atom stereocenters. The first-order valence-electron chi connectivity index (χ1n) is 11.5. The number of primary amides is 1. The third-order valence-electron chi connectivity index (χ3n) is 4.89. The van der Waals surface area contributed by atoms with Crippen LogP contribution in [0, 0.1) is 5.92 Å². The largest absolute Gasteiger partial charge is 0.436 e. The van der Waals surface area contributed by atoms with Gasteiger partial charge < -0.3 is 25.8 Å². The fourth-order valence-corrected chi connectivity index (χ4v) is 3.49.